The largest absolute Gasteiger partial charge is 0.342 e. The van der Waals surface area contributed by atoms with Crippen LogP contribution >= 0.6 is 11.6 Å². The zero-order valence-electron chi connectivity index (χ0n) is 11.1. The van der Waals surface area contributed by atoms with E-state index in [9.17, 15) is 4.79 Å². The average molecular weight is 261 g/mol. The van der Waals surface area contributed by atoms with Crippen molar-refractivity contribution in [3.8, 4) is 0 Å². The van der Waals surface area contributed by atoms with Gasteiger partial charge in [0.15, 0.2) is 0 Å². The number of likely N-dealkylation sites (tertiary alicyclic amines) is 1. The lowest BCUT2D eigenvalue weighted by atomic mass is 9.96. The fourth-order valence-corrected chi connectivity index (χ4v) is 2.58. The van der Waals surface area contributed by atoms with Crippen LogP contribution in [0.3, 0.4) is 0 Å². The maximum atomic E-state index is 11.4. The molecule has 0 radical (unpaired) electrons. The van der Waals surface area contributed by atoms with E-state index in [-0.39, 0.29) is 11.8 Å². The molecule has 1 rings (SSSR count). The molecule has 0 spiro atoms. The number of unbranched alkanes of at least 4 members (excludes halogenated alkanes) is 1. The summed E-state index contributed by atoms with van der Waals surface area (Å²) in [4.78, 5) is 15.7. The number of carbonyl (C=O) groups is 1. The summed E-state index contributed by atoms with van der Waals surface area (Å²) in [5.74, 6) is 0.960. The van der Waals surface area contributed by atoms with E-state index in [1.807, 2.05) is 4.90 Å². The summed E-state index contributed by atoms with van der Waals surface area (Å²) in [6.45, 7) is 6.36. The molecule has 1 aliphatic heterocycles. The minimum absolute atomic E-state index is 0.0875. The van der Waals surface area contributed by atoms with Crippen LogP contribution in [0.25, 0.3) is 0 Å². The molecule has 1 fully saturated rings. The van der Waals surface area contributed by atoms with Crippen LogP contribution in [0.5, 0.6) is 0 Å². The first kappa shape index (κ1) is 14.8. The van der Waals surface area contributed by atoms with E-state index < -0.39 is 0 Å². The van der Waals surface area contributed by atoms with Gasteiger partial charge in [-0.25, -0.2) is 0 Å². The zero-order valence-corrected chi connectivity index (χ0v) is 11.9. The number of halogens is 1. The van der Waals surface area contributed by atoms with Gasteiger partial charge in [-0.05, 0) is 38.8 Å². The summed E-state index contributed by atoms with van der Waals surface area (Å²) >= 11 is 5.56. The minimum Gasteiger partial charge on any atom is -0.342 e. The Hall–Kier alpha value is -0.280. The van der Waals surface area contributed by atoms with E-state index in [1.54, 1.807) is 0 Å². The van der Waals surface area contributed by atoms with Crippen LogP contribution in [0.2, 0.25) is 0 Å². The number of amides is 1. The van der Waals surface area contributed by atoms with Gasteiger partial charge in [-0.15, -0.1) is 11.6 Å². The molecular weight excluding hydrogens is 236 g/mol. The highest BCUT2D eigenvalue weighted by atomic mass is 35.5. The predicted octanol–water partition coefficient (Wildman–Crippen LogP) is 2.20. The highest BCUT2D eigenvalue weighted by Crippen LogP contribution is 2.18. The van der Waals surface area contributed by atoms with Crippen molar-refractivity contribution < 1.29 is 4.79 Å². The predicted molar refractivity (Wildman–Crippen MR) is 72.4 cm³/mol. The molecule has 0 aromatic rings. The Morgan fingerprint density at radius 2 is 2.06 bits per heavy atom. The van der Waals surface area contributed by atoms with Gasteiger partial charge in [0.1, 0.15) is 5.88 Å². The van der Waals surface area contributed by atoms with Crippen LogP contribution in [-0.4, -0.2) is 54.8 Å². The van der Waals surface area contributed by atoms with Crippen LogP contribution in [-0.2, 0) is 4.79 Å². The number of rotatable bonds is 6. The molecular formula is C13H25ClN2O. The normalized spacial score (nSPS) is 17.8. The van der Waals surface area contributed by atoms with Gasteiger partial charge in [0.05, 0.1) is 0 Å². The number of nitrogens with zero attached hydrogens (tertiary/aromatic N) is 2. The Morgan fingerprint density at radius 3 is 2.59 bits per heavy atom. The lowest BCUT2D eigenvalue weighted by Crippen LogP contribution is -2.41. The first-order valence-electron chi connectivity index (χ1n) is 6.69. The van der Waals surface area contributed by atoms with Gasteiger partial charge in [-0.1, -0.05) is 13.3 Å². The van der Waals surface area contributed by atoms with Crippen molar-refractivity contribution in [1.29, 1.82) is 0 Å². The fourth-order valence-electron chi connectivity index (χ4n) is 2.41. The topological polar surface area (TPSA) is 23.6 Å². The lowest BCUT2D eigenvalue weighted by molar-refractivity contribution is -0.129. The minimum atomic E-state index is 0.0875. The van der Waals surface area contributed by atoms with Gasteiger partial charge < -0.3 is 9.80 Å². The highest BCUT2D eigenvalue weighted by molar-refractivity contribution is 6.27. The van der Waals surface area contributed by atoms with Gasteiger partial charge in [-0.2, -0.15) is 0 Å². The number of alkyl halides is 1. The van der Waals surface area contributed by atoms with Gasteiger partial charge >= 0.3 is 0 Å². The van der Waals surface area contributed by atoms with Gasteiger partial charge in [0.2, 0.25) is 5.91 Å². The second-order valence-electron chi connectivity index (χ2n) is 5.07. The lowest BCUT2D eigenvalue weighted by Gasteiger charge is -2.33. The van der Waals surface area contributed by atoms with Crippen LogP contribution in [0.4, 0.5) is 0 Å². The average Bonchev–Trinajstić information content (AvgIpc) is 2.36. The first-order chi connectivity index (χ1) is 8.17. The fraction of sp³-hybridized carbons (Fsp3) is 0.923. The number of piperidine rings is 1. The van der Waals surface area contributed by atoms with E-state index in [2.05, 4.69) is 18.9 Å². The van der Waals surface area contributed by atoms with E-state index in [0.29, 0.717) is 0 Å². The van der Waals surface area contributed by atoms with E-state index in [0.717, 1.165) is 31.8 Å². The molecule has 100 valence electrons. The van der Waals surface area contributed by atoms with Gasteiger partial charge in [-0.3, -0.25) is 4.79 Å². The Labute approximate surface area is 110 Å². The van der Waals surface area contributed by atoms with Crippen LogP contribution in [0, 0.1) is 5.92 Å². The van der Waals surface area contributed by atoms with Crippen molar-refractivity contribution in [3.05, 3.63) is 0 Å². The maximum Gasteiger partial charge on any atom is 0.237 e. The molecule has 17 heavy (non-hydrogen) atoms. The molecule has 4 heteroatoms. The highest BCUT2D eigenvalue weighted by Gasteiger charge is 2.22. The maximum absolute atomic E-state index is 11.4. The number of carbonyl (C=O) groups excluding carboxylic acids is 1. The standard InChI is InChI=1S/C13H25ClN2O/c1-3-4-7-15(2)11-12-5-8-16(9-6-12)13(17)10-14/h12H,3-11H2,1-2H3. The number of hydrogen-bond donors (Lipinski definition) is 0. The molecule has 0 saturated carbocycles. The Balaban J connectivity index is 2.20. The molecule has 0 bridgehead atoms. The molecule has 1 amide bonds. The smallest absolute Gasteiger partial charge is 0.237 e. The van der Waals surface area contributed by atoms with Crippen molar-refractivity contribution in [3.63, 3.8) is 0 Å². The van der Waals surface area contributed by atoms with Crippen molar-refractivity contribution >= 4 is 17.5 Å². The third kappa shape index (κ3) is 5.26. The summed E-state index contributed by atoms with van der Waals surface area (Å²) in [5, 5.41) is 0. The van der Waals surface area contributed by atoms with E-state index >= 15 is 0 Å². The van der Waals surface area contributed by atoms with Crippen molar-refractivity contribution in [2.24, 2.45) is 5.92 Å². The van der Waals surface area contributed by atoms with Crippen molar-refractivity contribution in [2.45, 2.75) is 32.6 Å². The van der Waals surface area contributed by atoms with Crippen LogP contribution < -0.4 is 0 Å². The summed E-state index contributed by atoms with van der Waals surface area (Å²) in [5.41, 5.74) is 0. The Kier molecular flexibility index (Phi) is 6.90. The van der Waals surface area contributed by atoms with E-state index in [1.165, 1.54) is 25.9 Å². The summed E-state index contributed by atoms with van der Waals surface area (Å²) in [6, 6.07) is 0. The summed E-state index contributed by atoms with van der Waals surface area (Å²) in [7, 11) is 2.20. The van der Waals surface area contributed by atoms with Gasteiger partial charge in [0.25, 0.3) is 0 Å². The SMILES string of the molecule is CCCCN(C)CC1CCN(C(=O)CCl)CC1. The molecule has 1 saturated heterocycles. The van der Waals surface area contributed by atoms with Crippen molar-refractivity contribution in [2.75, 3.05) is 39.1 Å². The molecule has 1 aliphatic rings. The molecule has 0 N–H and O–H groups in total. The summed E-state index contributed by atoms with van der Waals surface area (Å²) < 4.78 is 0. The van der Waals surface area contributed by atoms with Crippen LogP contribution in [0.1, 0.15) is 32.6 Å². The summed E-state index contributed by atoms with van der Waals surface area (Å²) in [6.07, 6.45) is 4.78. The van der Waals surface area contributed by atoms with Crippen molar-refractivity contribution in [1.82, 2.24) is 9.80 Å². The third-order valence-corrected chi connectivity index (χ3v) is 3.77. The molecule has 1 heterocycles. The zero-order chi connectivity index (χ0) is 12.7. The van der Waals surface area contributed by atoms with Crippen LogP contribution in [0.15, 0.2) is 0 Å². The Bertz CT molecular complexity index is 227. The molecule has 0 atom stereocenters. The second-order valence-corrected chi connectivity index (χ2v) is 5.34. The second kappa shape index (κ2) is 7.93. The molecule has 0 aromatic heterocycles. The molecule has 0 unspecified atom stereocenters. The first-order valence-corrected chi connectivity index (χ1v) is 7.23. The Morgan fingerprint density at radius 1 is 1.41 bits per heavy atom. The third-order valence-electron chi connectivity index (χ3n) is 3.54. The number of hydrogen-bond acceptors (Lipinski definition) is 2. The quantitative estimate of drug-likeness (QED) is 0.684. The van der Waals surface area contributed by atoms with E-state index in [4.69, 9.17) is 11.6 Å². The molecule has 3 nitrogen and oxygen atoms in total. The molecule has 0 aliphatic carbocycles. The monoisotopic (exact) mass is 260 g/mol. The van der Waals surface area contributed by atoms with Gasteiger partial charge in [0, 0.05) is 19.6 Å². The molecule has 0 aromatic carbocycles.